The zero-order valence-electron chi connectivity index (χ0n) is 12.7. The van der Waals surface area contributed by atoms with Crippen molar-refractivity contribution in [1.82, 2.24) is 0 Å². The number of hydrogen-bond donors (Lipinski definition) is 0. The molecule has 2 aromatic carbocycles. The van der Waals surface area contributed by atoms with Crippen molar-refractivity contribution in [2.75, 3.05) is 18.0 Å². The molecule has 1 heterocycles. The van der Waals surface area contributed by atoms with Crippen LogP contribution in [-0.2, 0) is 6.18 Å². The summed E-state index contributed by atoms with van der Waals surface area (Å²) >= 11 is 0. The molecule has 1 aliphatic heterocycles. The highest BCUT2D eigenvalue weighted by molar-refractivity contribution is 5.73. The number of halogens is 3. The summed E-state index contributed by atoms with van der Waals surface area (Å²) in [6.45, 7) is 5.56. The molecule has 1 fully saturated rings. The molecule has 0 radical (unpaired) electrons. The number of nitrogens with zero attached hydrogens (tertiary/aromatic N) is 1. The third-order valence-electron chi connectivity index (χ3n) is 4.23. The summed E-state index contributed by atoms with van der Waals surface area (Å²) in [4.78, 5) is 2.25. The molecule has 116 valence electrons. The van der Waals surface area contributed by atoms with Gasteiger partial charge in [-0.05, 0) is 60.7 Å². The molecule has 0 saturated carbocycles. The van der Waals surface area contributed by atoms with E-state index in [1.165, 1.54) is 12.5 Å². The van der Waals surface area contributed by atoms with E-state index in [4.69, 9.17) is 0 Å². The van der Waals surface area contributed by atoms with Crippen LogP contribution in [0, 0.1) is 13.8 Å². The van der Waals surface area contributed by atoms with Crippen LogP contribution >= 0.6 is 0 Å². The second-order valence-electron chi connectivity index (χ2n) is 5.87. The Morgan fingerprint density at radius 2 is 1.73 bits per heavy atom. The fraction of sp³-hybridized carbons (Fsp3) is 0.333. The van der Waals surface area contributed by atoms with E-state index < -0.39 is 11.7 Å². The fourth-order valence-electron chi connectivity index (χ4n) is 2.93. The number of hydrogen-bond acceptors (Lipinski definition) is 1. The molecule has 0 unspecified atom stereocenters. The van der Waals surface area contributed by atoms with E-state index in [2.05, 4.69) is 11.0 Å². The SMILES string of the molecule is Cc1cc(-c2cccc(C(F)(F)F)c2C)cc(N2CCC2)c1. The largest absolute Gasteiger partial charge is 0.416 e. The van der Waals surface area contributed by atoms with E-state index >= 15 is 0 Å². The van der Waals surface area contributed by atoms with E-state index in [-0.39, 0.29) is 5.56 Å². The van der Waals surface area contributed by atoms with Crippen molar-refractivity contribution >= 4 is 5.69 Å². The van der Waals surface area contributed by atoms with Crippen LogP contribution in [-0.4, -0.2) is 13.1 Å². The average molecular weight is 305 g/mol. The van der Waals surface area contributed by atoms with Crippen molar-refractivity contribution in [3.05, 3.63) is 53.1 Å². The first kappa shape index (κ1) is 14.9. The molecule has 1 saturated heterocycles. The lowest BCUT2D eigenvalue weighted by atomic mass is 9.94. The van der Waals surface area contributed by atoms with Gasteiger partial charge in [0.1, 0.15) is 0 Å². The van der Waals surface area contributed by atoms with Crippen molar-refractivity contribution in [3.63, 3.8) is 0 Å². The van der Waals surface area contributed by atoms with Gasteiger partial charge in [0.15, 0.2) is 0 Å². The van der Waals surface area contributed by atoms with Gasteiger partial charge in [0.25, 0.3) is 0 Å². The van der Waals surface area contributed by atoms with Gasteiger partial charge in [-0.3, -0.25) is 0 Å². The van der Waals surface area contributed by atoms with Gasteiger partial charge in [-0.15, -0.1) is 0 Å². The topological polar surface area (TPSA) is 3.24 Å². The third kappa shape index (κ3) is 2.70. The Morgan fingerprint density at radius 1 is 1.00 bits per heavy atom. The zero-order valence-corrected chi connectivity index (χ0v) is 12.7. The number of alkyl halides is 3. The molecule has 1 aliphatic rings. The standard InChI is InChI=1S/C18H18F3N/c1-12-9-14(11-15(10-12)22-7-4-8-22)16-5-3-6-17(13(16)2)18(19,20)21/h3,5-6,9-11H,4,7-8H2,1-2H3. The number of aryl methyl sites for hydroxylation is 1. The van der Waals surface area contributed by atoms with E-state index in [9.17, 15) is 13.2 Å². The minimum absolute atomic E-state index is 0.287. The quantitative estimate of drug-likeness (QED) is 0.737. The minimum atomic E-state index is -4.32. The molecule has 0 N–H and O–H groups in total. The Labute approximate surface area is 128 Å². The molecular weight excluding hydrogens is 287 g/mol. The monoisotopic (exact) mass is 305 g/mol. The molecular formula is C18H18F3N. The first-order valence-electron chi connectivity index (χ1n) is 7.40. The molecule has 3 rings (SSSR count). The molecule has 4 heteroatoms. The fourth-order valence-corrected chi connectivity index (χ4v) is 2.93. The van der Waals surface area contributed by atoms with Gasteiger partial charge in [-0.25, -0.2) is 0 Å². The van der Waals surface area contributed by atoms with E-state index in [0.717, 1.165) is 36.0 Å². The normalized spacial score (nSPS) is 14.9. The van der Waals surface area contributed by atoms with Crippen molar-refractivity contribution < 1.29 is 13.2 Å². The first-order chi connectivity index (χ1) is 10.4. The summed E-state index contributed by atoms with van der Waals surface area (Å²) in [6.07, 6.45) is -3.14. The molecule has 0 aromatic heterocycles. The first-order valence-corrected chi connectivity index (χ1v) is 7.40. The lowest BCUT2D eigenvalue weighted by Gasteiger charge is -2.33. The van der Waals surface area contributed by atoms with Gasteiger partial charge in [0.2, 0.25) is 0 Å². The van der Waals surface area contributed by atoms with Crippen LogP contribution in [0.5, 0.6) is 0 Å². The lowest BCUT2D eigenvalue weighted by Crippen LogP contribution is -2.36. The summed E-state index contributed by atoms with van der Waals surface area (Å²) in [5.41, 5.74) is 3.40. The van der Waals surface area contributed by atoms with Crippen molar-refractivity contribution in [2.45, 2.75) is 26.4 Å². The Morgan fingerprint density at radius 3 is 2.32 bits per heavy atom. The highest BCUT2D eigenvalue weighted by Gasteiger charge is 2.33. The van der Waals surface area contributed by atoms with Gasteiger partial charge in [-0.2, -0.15) is 13.2 Å². The van der Waals surface area contributed by atoms with Crippen LogP contribution in [0.25, 0.3) is 11.1 Å². The Bertz CT molecular complexity index is 700. The van der Waals surface area contributed by atoms with Crippen molar-refractivity contribution in [3.8, 4) is 11.1 Å². The van der Waals surface area contributed by atoms with Crippen molar-refractivity contribution in [2.24, 2.45) is 0 Å². The van der Waals surface area contributed by atoms with Crippen molar-refractivity contribution in [1.29, 1.82) is 0 Å². The van der Waals surface area contributed by atoms with E-state index in [1.54, 1.807) is 13.0 Å². The van der Waals surface area contributed by atoms with E-state index in [1.807, 2.05) is 19.1 Å². The van der Waals surface area contributed by atoms with Crippen LogP contribution in [0.15, 0.2) is 36.4 Å². The summed E-state index contributed by atoms with van der Waals surface area (Å²) in [5, 5.41) is 0. The lowest BCUT2D eigenvalue weighted by molar-refractivity contribution is -0.138. The minimum Gasteiger partial charge on any atom is -0.371 e. The van der Waals surface area contributed by atoms with Crippen LogP contribution in [0.2, 0.25) is 0 Å². The molecule has 22 heavy (non-hydrogen) atoms. The highest BCUT2D eigenvalue weighted by Crippen LogP contribution is 2.37. The number of rotatable bonds is 2. The predicted octanol–water partition coefficient (Wildman–Crippen LogP) is 5.20. The van der Waals surface area contributed by atoms with Crippen LogP contribution in [0.3, 0.4) is 0 Å². The van der Waals surface area contributed by atoms with Gasteiger partial charge < -0.3 is 4.90 Å². The molecule has 2 aromatic rings. The molecule has 0 bridgehead atoms. The highest BCUT2D eigenvalue weighted by atomic mass is 19.4. The zero-order chi connectivity index (χ0) is 15.9. The molecule has 0 atom stereocenters. The van der Waals surface area contributed by atoms with Gasteiger partial charge in [0.05, 0.1) is 5.56 Å². The van der Waals surface area contributed by atoms with Crippen LogP contribution < -0.4 is 4.90 Å². The molecule has 0 amide bonds. The second-order valence-corrected chi connectivity index (χ2v) is 5.87. The van der Waals surface area contributed by atoms with Crippen LogP contribution in [0.1, 0.15) is 23.1 Å². The Balaban J connectivity index is 2.09. The summed E-state index contributed by atoms with van der Waals surface area (Å²) in [7, 11) is 0. The van der Waals surface area contributed by atoms with E-state index in [0.29, 0.717) is 5.56 Å². The molecule has 0 aliphatic carbocycles. The maximum absolute atomic E-state index is 13.1. The second kappa shape index (κ2) is 5.34. The van der Waals surface area contributed by atoms with Gasteiger partial charge >= 0.3 is 6.18 Å². The summed E-state index contributed by atoms with van der Waals surface area (Å²) < 4.78 is 39.3. The van der Waals surface area contributed by atoms with Gasteiger partial charge in [-0.1, -0.05) is 18.2 Å². The number of benzene rings is 2. The summed E-state index contributed by atoms with van der Waals surface area (Å²) in [6, 6.07) is 10.4. The molecule has 0 spiro atoms. The van der Waals surface area contributed by atoms with Gasteiger partial charge in [0, 0.05) is 18.8 Å². The Kier molecular flexibility index (Phi) is 3.63. The smallest absolute Gasteiger partial charge is 0.371 e. The summed E-state index contributed by atoms with van der Waals surface area (Å²) in [5.74, 6) is 0. The maximum atomic E-state index is 13.1. The van der Waals surface area contributed by atoms with Crippen LogP contribution in [0.4, 0.5) is 18.9 Å². The maximum Gasteiger partial charge on any atom is 0.416 e. The third-order valence-corrected chi connectivity index (χ3v) is 4.23. The predicted molar refractivity (Wildman–Crippen MR) is 83.2 cm³/mol. The molecule has 1 nitrogen and oxygen atoms in total. The number of anilines is 1. The average Bonchev–Trinajstić information content (AvgIpc) is 2.34. The Hall–Kier alpha value is -1.97.